The van der Waals surface area contributed by atoms with Gasteiger partial charge in [0.1, 0.15) is 0 Å². The maximum Gasteiger partial charge on any atom is 0.282 e. The van der Waals surface area contributed by atoms with Crippen LogP contribution in [0.4, 0.5) is 0 Å². The lowest BCUT2D eigenvalue weighted by Gasteiger charge is -2.36. The van der Waals surface area contributed by atoms with Crippen molar-refractivity contribution in [3.05, 3.63) is 0 Å². The highest BCUT2D eigenvalue weighted by atomic mass is 35.5. The zero-order valence-electron chi connectivity index (χ0n) is 11.7. The summed E-state index contributed by atoms with van der Waals surface area (Å²) in [5, 5.41) is 0. The monoisotopic (exact) mass is 308 g/mol. The first kappa shape index (κ1) is 15.5. The van der Waals surface area contributed by atoms with Crippen molar-refractivity contribution in [2.24, 2.45) is 5.92 Å². The molecule has 2 saturated heterocycles. The normalized spacial score (nSPS) is 29.3. The summed E-state index contributed by atoms with van der Waals surface area (Å²) in [4.78, 5) is 0. The molecular formula is C13H25ClN2O2S. The summed E-state index contributed by atoms with van der Waals surface area (Å²) in [6.07, 6.45) is 5.98. The predicted octanol–water partition coefficient (Wildman–Crippen LogP) is 2.45. The fraction of sp³-hybridized carbons (Fsp3) is 1.00. The fourth-order valence-electron chi connectivity index (χ4n) is 2.97. The van der Waals surface area contributed by atoms with E-state index in [1.807, 2.05) is 0 Å². The van der Waals surface area contributed by atoms with Crippen LogP contribution in [-0.4, -0.2) is 48.6 Å². The van der Waals surface area contributed by atoms with Gasteiger partial charge in [0.2, 0.25) is 0 Å². The molecule has 1 atom stereocenters. The first-order valence-corrected chi connectivity index (χ1v) is 9.31. The van der Waals surface area contributed by atoms with E-state index in [1.165, 1.54) is 0 Å². The Morgan fingerprint density at radius 3 is 2.37 bits per heavy atom. The molecule has 0 radical (unpaired) electrons. The van der Waals surface area contributed by atoms with E-state index >= 15 is 0 Å². The van der Waals surface area contributed by atoms with E-state index in [9.17, 15) is 8.42 Å². The Kier molecular flexibility index (Phi) is 5.52. The van der Waals surface area contributed by atoms with Gasteiger partial charge >= 0.3 is 0 Å². The van der Waals surface area contributed by atoms with Gasteiger partial charge in [-0.15, -0.1) is 11.6 Å². The molecule has 2 heterocycles. The van der Waals surface area contributed by atoms with Crippen LogP contribution in [0.1, 0.15) is 45.4 Å². The molecule has 0 amide bonds. The minimum Gasteiger partial charge on any atom is -0.195 e. The number of alkyl halides is 1. The van der Waals surface area contributed by atoms with Crippen LogP contribution in [0, 0.1) is 5.92 Å². The maximum atomic E-state index is 12.8. The summed E-state index contributed by atoms with van der Waals surface area (Å²) < 4.78 is 28.9. The van der Waals surface area contributed by atoms with Crippen molar-refractivity contribution >= 4 is 21.8 Å². The SMILES string of the molecule is CC1CCN(S(=O)(=O)N2CCCCCC2CCl)CC1. The summed E-state index contributed by atoms with van der Waals surface area (Å²) >= 11 is 5.99. The molecule has 0 saturated carbocycles. The van der Waals surface area contributed by atoms with E-state index in [1.54, 1.807) is 8.61 Å². The molecule has 2 aliphatic heterocycles. The van der Waals surface area contributed by atoms with E-state index in [0.29, 0.717) is 31.4 Å². The zero-order chi connectivity index (χ0) is 13.9. The largest absolute Gasteiger partial charge is 0.282 e. The fourth-order valence-corrected chi connectivity index (χ4v) is 5.26. The first-order valence-electron chi connectivity index (χ1n) is 7.38. The molecule has 2 fully saturated rings. The molecule has 0 bridgehead atoms. The molecule has 112 valence electrons. The van der Waals surface area contributed by atoms with Crippen molar-refractivity contribution < 1.29 is 8.42 Å². The van der Waals surface area contributed by atoms with Crippen molar-refractivity contribution in [1.29, 1.82) is 0 Å². The Balaban J connectivity index is 2.12. The van der Waals surface area contributed by atoms with E-state index in [2.05, 4.69) is 6.92 Å². The van der Waals surface area contributed by atoms with Crippen LogP contribution in [-0.2, 0) is 10.2 Å². The van der Waals surface area contributed by atoms with E-state index in [-0.39, 0.29) is 6.04 Å². The van der Waals surface area contributed by atoms with Gasteiger partial charge in [-0.25, -0.2) is 0 Å². The highest BCUT2D eigenvalue weighted by molar-refractivity contribution is 7.86. The Morgan fingerprint density at radius 2 is 1.74 bits per heavy atom. The standard InChI is InChI=1S/C13H25ClN2O2S/c1-12-6-9-15(10-7-12)19(17,18)16-8-4-2-3-5-13(16)11-14/h12-13H,2-11H2,1H3. The van der Waals surface area contributed by atoms with Gasteiger partial charge in [0.25, 0.3) is 10.2 Å². The molecule has 0 spiro atoms. The Bertz CT molecular complexity index is 380. The van der Waals surface area contributed by atoms with Crippen LogP contribution in [0.3, 0.4) is 0 Å². The Labute approximate surface area is 122 Å². The van der Waals surface area contributed by atoms with Crippen molar-refractivity contribution in [1.82, 2.24) is 8.61 Å². The van der Waals surface area contributed by atoms with Crippen molar-refractivity contribution in [2.75, 3.05) is 25.5 Å². The smallest absolute Gasteiger partial charge is 0.195 e. The molecule has 6 heteroatoms. The lowest BCUT2D eigenvalue weighted by atomic mass is 10.0. The molecular weight excluding hydrogens is 284 g/mol. The lowest BCUT2D eigenvalue weighted by molar-refractivity contribution is 0.250. The number of piperidine rings is 1. The highest BCUT2D eigenvalue weighted by Gasteiger charge is 2.36. The average Bonchev–Trinajstić information content (AvgIpc) is 2.64. The highest BCUT2D eigenvalue weighted by Crippen LogP contribution is 2.26. The Morgan fingerprint density at radius 1 is 1.05 bits per heavy atom. The molecule has 2 aliphatic rings. The molecule has 0 aliphatic carbocycles. The molecule has 0 aromatic rings. The molecule has 1 unspecified atom stereocenters. The van der Waals surface area contributed by atoms with Gasteiger partial charge in [-0.2, -0.15) is 17.0 Å². The quantitative estimate of drug-likeness (QED) is 0.751. The summed E-state index contributed by atoms with van der Waals surface area (Å²) in [7, 11) is -3.31. The van der Waals surface area contributed by atoms with Crippen LogP contribution in [0.2, 0.25) is 0 Å². The van der Waals surface area contributed by atoms with Crippen molar-refractivity contribution in [2.45, 2.75) is 51.5 Å². The van der Waals surface area contributed by atoms with Crippen LogP contribution in [0.5, 0.6) is 0 Å². The molecule has 4 nitrogen and oxygen atoms in total. The second-order valence-electron chi connectivity index (χ2n) is 5.86. The van der Waals surface area contributed by atoms with Crippen LogP contribution in [0.25, 0.3) is 0 Å². The van der Waals surface area contributed by atoms with Gasteiger partial charge in [-0.05, 0) is 31.6 Å². The number of hydrogen-bond donors (Lipinski definition) is 0. The van der Waals surface area contributed by atoms with Gasteiger partial charge in [0.15, 0.2) is 0 Å². The third-order valence-electron chi connectivity index (χ3n) is 4.37. The lowest BCUT2D eigenvalue weighted by Crippen LogP contribution is -2.51. The first-order chi connectivity index (χ1) is 9.05. The van der Waals surface area contributed by atoms with E-state index < -0.39 is 10.2 Å². The van der Waals surface area contributed by atoms with Crippen LogP contribution >= 0.6 is 11.6 Å². The maximum absolute atomic E-state index is 12.8. The second kappa shape index (κ2) is 6.74. The van der Waals surface area contributed by atoms with Gasteiger partial charge in [-0.3, -0.25) is 0 Å². The second-order valence-corrected chi connectivity index (χ2v) is 8.05. The molecule has 2 rings (SSSR count). The van der Waals surface area contributed by atoms with E-state index in [4.69, 9.17) is 11.6 Å². The summed E-state index contributed by atoms with van der Waals surface area (Å²) in [6, 6.07) is -0.0199. The number of hydrogen-bond acceptors (Lipinski definition) is 2. The predicted molar refractivity (Wildman–Crippen MR) is 78.6 cm³/mol. The summed E-state index contributed by atoms with van der Waals surface area (Å²) in [5.74, 6) is 1.04. The van der Waals surface area contributed by atoms with Crippen LogP contribution < -0.4 is 0 Å². The van der Waals surface area contributed by atoms with Crippen LogP contribution in [0.15, 0.2) is 0 Å². The van der Waals surface area contributed by atoms with Crippen molar-refractivity contribution in [3.8, 4) is 0 Å². The van der Waals surface area contributed by atoms with Crippen molar-refractivity contribution in [3.63, 3.8) is 0 Å². The molecule has 0 aromatic heterocycles. The third-order valence-corrected chi connectivity index (χ3v) is 6.81. The molecule has 0 aromatic carbocycles. The van der Waals surface area contributed by atoms with Gasteiger partial charge in [0, 0.05) is 31.6 Å². The minimum atomic E-state index is -3.31. The Hall–Kier alpha value is 0.160. The molecule has 19 heavy (non-hydrogen) atoms. The van der Waals surface area contributed by atoms with Gasteiger partial charge < -0.3 is 0 Å². The number of nitrogens with zero attached hydrogens (tertiary/aromatic N) is 2. The molecule has 0 N–H and O–H groups in total. The van der Waals surface area contributed by atoms with E-state index in [0.717, 1.165) is 38.5 Å². The summed E-state index contributed by atoms with van der Waals surface area (Å²) in [5.41, 5.74) is 0. The zero-order valence-corrected chi connectivity index (χ0v) is 13.3. The third kappa shape index (κ3) is 3.63. The number of rotatable bonds is 3. The van der Waals surface area contributed by atoms with Gasteiger partial charge in [0.05, 0.1) is 0 Å². The average molecular weight is 309 g/mol. The summed E-state index contributed by atoms with van der Waals surface area (Å²) in [6.45, 7) is 4.15. The number of halogens is 1. The topological polar surface area (TPSA) is 40.6 Å². The van der Waals surface area contributed by atoms with Gasteiger partial charge in [-0.1, -0.05) is 19.8 Å². The minimum absolute atomic E-state index is 0.0199.